The fraction of sp³-hybridized carbons (Fsp3) is 0.429. The maximum atomic E-state index is 5.82. The second kappa shape index (κ2) is 12.0. The fourth-order valence-corrected chi connectivity index (χ4v) is 2.98. The summed E-state index contributed by atoms with van der Waals surface area (Å²) in [6, 6.07) is 7.63. The predicted molar refractivity (Wildman–Crippen MR) is 117 cm³/mol. The number of nitrogens with one attached hydrogen (secondary N) is 2. The summed E-state index contributed by atoms with van der Waals surface area (Å²) in [6.07, 6.45) is 3.33. The number of methoxy groups -OCH3 is 3. The number of aliphatic imine (C=N–C) groups is 1. The van der Waals surface area contributed by atoms with Crippen molar-refractivity contribution in [3.8, 4) is 17.2 Å². The molecule has 0 aliphatic carbocycles. The number of guanidine groups is 1. The number of nitrogens with zero attached hydrogens (tertiary/aromatic N) is 2. The van der Waals surface area contributed by atoms with E-state index >= 15 is 0 Å². The van der Waals surface area contributed by atoms with Gasteiger partial charge in [0, 0.05) is 31.4 Å². The van der Waals surface area contributed by atoms with Crippen LogP contribution in [0.2, 0.25) is 5.15 Å². The second-order valence-corrected chi connectivity index (χ2v) is 6.56. The molecule has 29 heavy (non-hydrogen) atoms. The van der Waals surface area contributed by atoms with Crippen molar-refractivity contribution in [2.24, 2.45) is 4.99 Å². The van der Waals surface area contributed by atoms with Crippen molar-refractivity contribution < 1.29 is 14.2 Å². The molecule has 0 fully saturated rings. The average Bonchev–Trinajstić information content (AvgIpc) is 2.74. The Morgan fingerprint density at radius 2 is 1.79 bits per heavy atom. The Kier molecular flexibility index (Phi) is 9.37. The normalized spacial score (nSPS) is 11.1. The Morgan fingerprint density at radius 3 is 2.41 bits per heavy atom. The van der Waals surface area contributed by atoms with Crippen LogP contribution in [0, 0.1) is 0 Å². The Hall–Kier alpha value is -2.67. The van der Waals surface area contributed by atoms with E-state index in [1.165, 1.54) is 0 Å². The molecule has 0 aliphatic rings. The number of halogens is 1. The van der Waals surface area contributed by atoms with Crippen molar-refractivity contribution in [1.82, 2.24) is 15.6 Å². The van der Waals surface area contributed by atoms with Gasteiger partial charge in [0.2, 0.25) is 5.75 Å². The van der Waals surface area contributed by atoms with Crippen LogP contribution in [0.1, 0.15) is 18.1 Å². The number of ether oxygens (including phenoxy) is 3. The lowest BCUT2D eigenvalue weighted by atomic mass is 10.1. The van der Waals surface area contributed by atoms with E-state index in [0.29, 0.717) is 35.4 Å². The van der Waals surface area contributed by atoms with Gasteiger partial charge in [-0.1, -0.05) is 23.7 Å². The number of rotatable bonds is 10. The van der Waals surface area contributed by atoms with Crippen LogP contribution < -0.4 is 24.8 Å². The van der Waals surface area contributed by atoms with Crippen LogP contribution in [0.15, 0.2) is 35.5 Å². The van der Waals surface area contributed by atoms with Gasteiger partial charge in [0.05, 0.1) is 21.3 Å². The zero-order chi connectivity index (χ0) is 21.1. The highest BCUT2D eigenvalue weighted by molar-refractivity contribution is 6.29. The minimum atomic E-state index is 0.502. The van der Waals surface area contributed by atoms with Crippen LogP contribution in [-0.2, 0) is 12.8 Å². The van der Waals surface area contributed by atoms with E-state index in [-0.39, 0.29) is 0 Å². The number of hydrogen-bond donors (Lipinski definition) is 2. The van der Waals surface area contributed by atoms with E-state index in [1.807, 2.05) is 25.1 Å². The highest BCUT2D eigenvalue weighted by Crippen LogP contribution is 2.39. The van der Waals surface area contributed by atoms with Crippen molar-refractivity contribution in [1.29, 1.82) is 0 Å². The molecule has 0 saturated carbocycles. The van der Waals surface area contributed by atoms with Gasteiger partial charge in [-0.2, -0.15) is 0 Å². The third-order valence-corrected chi connectivity index (χ3v) is 4.50. The maximum absolute atomic E-state index is 5.82. The van der Waals surface area contributed by atoms with Crippen LogP contribution in [0.25, 0.3) is 0 Å². The summed E-state index contributed by atoms with van der Waals surface area (Å²) in [5.74, 6) is 2.69. The molecule has 0 atom stereocenters. The number of aromatic nitrogens is 1. The van der Waals surface area contributed by atoms with Gasteiger partial charge in [0.15, 0.2) is 17.5 Å². The molecule has 2 N–H and O–H groups in total. The van der Waals surface area contributed by atoms with Gasteiger partial charge >= 0.3 is 0 Å². The minimum Gasteiger partial charge on any atom is -0.493 e. The van der Waals surface area contributed by atoms with Gasteiger partial charge in [-0.25, -0.2) is 4.98 Å². The molecule has 1 heterocycles. The molecule has 0 saturated heterocycles. The van der Waals surface area contributed by atoms with Crippen molar-refractivity contribution in [2.45, 2.75) is 19.8 Å². The molecular formula is C21H29ClN4O3. The monoisotopic (exact) mass is 420 g/mol. The molecule has 0 aliphatic heterocycles. The van der Waals surface area contributed by atoms with E-state index in [9.17, 15) is 0 Å². The molecule has 7 nitrogen and oxygen atoms in total. The van der Waals surface area contributed by atoms with Gasteiger partial charge in [0.25, 0.3) is 0 Å². The number of pyridine rings is 1. The van der Waals surface area contributed by atoms with Crippen LogP contribution >= 0.6 is 11.6 Å². The molecule has 1 aromatic heterocycles. The van der Waals surface area contributed by atoms with Crippen molar-refractivity contribution in [2.75, 3.05) is 41.0 Å². The smallest absolute Gasteiger partial charge is 0.203 e. The fourth-order valence-electron chi connectivity index (χ4n) is 2.87. The lowest BCUT2D eigenvalue weighted by Gasteiger charge is -2.15. The SMILES string of the molecule is CCNC(=NCCc1ccc(OC)c(OC)c1OC)NCCc1ccc(Cl)nc1. The van der Waals surface area contributed by atoms with Crippen LogP contribution in [-0.4, -0.2) is 51.9 Å². The predicted octanol–water partition coefficient (Wildman–Crippen LogP) is 3.10. The number of hydrogen-bond acceptors (Lipinski definition) is 5. The zero-order valence-corrected chi connectivity index (χ0v) is 18.2. The molecule has 0 amide bonds. The first-order valence-electron chi connectivity index (χ1n) is 9.53. The lowest BCUT2D eigenvalue weighted by molar-refractivity contribution is 0.322. The van der Waals surface area contributed by atoms with Crippen molar-refractivity contribution >= 4 is 17.6 Å². The van der Waals surface area contributed by atoms with E-state index < -0.39 is 0 Å². The highest BCUT2D eigenvalue weighted by atomic mass is 35.5. The first kappa shape index (κ1) is 22.6. The minimum absolute atomic E-state index is 0.502. The lowest BCUT2D eigenvalue weighted by Crippen LogP contribution is -2.38. The van der Waals surface area contributed by atoms with Crippen LogP contribution in [0.4, 0.5) is 0 Å². The molecule has 1 aromatic carbocycles. The van der Waals surface area contributed by atoms with Gasteiger partial charge in [-0.05, 0) is 37.5 Å². The van der Waals surface area contributed by atoms with Crippen molar-refractivity contribution in [3.05, 3.63) is 46.7 Å². The first-order valence-corrected chi connectivity index (χ1v) is 9.91. The summed E-state index contributed by atoms with van der Waals surface area (Å²) >= 11 is 5.82. The Bertz CT molecular complexity index is 797. The Balaban J connectivity index is 1.97. The van der Waals surface area contributed by atoms with Gasteiger partial charge < -0.3 is 24.8 Å². The quantitative estimate of drug-likeness (QED) is 0.349. The highest BCUT2D eigenvalue weighted by Gasteiger charge is 2.15. The summed E-state index contributed by atoms with van der Waals surface area (Å²) in [5.41, 5.74) is 2.13. The first-order chi connectivity index (χ1) is 14.1. The number of benzene rings is 1. The molecule has 0 unspecified atom stereocenters. The summed E-state index contributed by atoms with van der Waals surface area (Å²) in [4.78, 5) is 8.76. The summed E-state index contributed by atoms with van der Waals surface area (Å²) in [6.45, 7) is 4.17. The molecule has 158 valence electrons. The van der Waals surface area contributed by atoms with Crippen LogP contribution in [0.3, 0.4) is 0 Å². The largest absolute Gasteiger partial charge is 0.493 e. The zero-order valence-electron chi connectivity index (χ0n) is 17.4. The Labute approximate surface area is 177 Å². The topological polar surface area (TPSA) is 77.0 Å². The average molecular weight is 421 g/mol. The molecule has 0 bridgehead atoms. The summed E-state index contributed by atoms with van der Waals surface area (Å²) in [7, 11) is 4.84. The molecule has 2 aromatic rings. The molecule has 0 radical (unpaired) electrons. The molecule has 0 spiro atoms. The van der Waals surface area contributed by atoms with Gasteiger partial charge in [-0.15, -0.1) is 0 Å². The van der Waals surface area contributed by atoms with E-state index in [0.717, 1.165) is 36.6 Å². The van der Waals surface area contributed by atoms with Crippen LogP contribution in [0.5, 0.6) is 17.2 Å². The molecule has 2 rings (SSSR count). The van der Waals surface area contributed by atoms with Crippen molar-refractivity contribution in [3.63, 3.8) is 0 Å². The van der Waals surface area contributed by atoms with E-state index in [2.05, 4.69) is 20.6 Å². The second-order valence-electron chi connectivity index (χ2n) is 6.17. The van der Waals surface area contributed by atoms with Gasteiger partial charge in [0.1, 0.15) is 5.15 Å². The summed E-state index contributed by atoms with van der Waals surface area (Å²) < 4.78 is 16.3. The molecular weight excluding hydrogens is 392 g/mol. The van der Waals surface area contributed by atoms with Gasteiger partial charge in [-0.3, -0.25) is 4.99 Å². The van der Waals surface area contributed by atoms with E-state index in [1.54, 1.807) is 33.6 Å². The molecule has 8 heteroatoms. The van der Waals surface area contributed by atoms with E-state index in [4.69, 9.17) is 25.8 Å². The third kappa shape index (κ3) is 6.71. The standard InChI is InChI=1S/C21H29ClN4O3/c1-5-23-21(24-12-10-15-6-9-18(22)26-14-15)25-13-11-16-7-8-17(27-2)20(29-4)19(16)28-3/h6-9,14H,5,10-13H2,1-4H3,(H2,23,24,25). The Morgan fingerprint density at radius 1 is 1.00 bits per heavy atom. The maximum Gasteiger partial charge on any atom is 0.203 e. The summed E-state index contributed by atoms with van der Waals surface area (Å²) in [5, 5.41) is 7.10. The third-order valence-electron chi connectivity index (χ3n) is 4.28.